The van der Waals surface area contributed by atoms with Gasteiger partial charge in [0.25, 0.3) is 11.7 Å². The molecule has 0 aliphatic rings. The Balaban J connectivity index is 2.09. The Kier molecular flexibility index (Phi) is 4.29. The van der Waals surface area contributed by atoms with Crippen molar-refractivity contribution in [2.24, 2.45) is 0 Å². The van der Waals surface area contributed by atoms with Gasteiger partial charge in [-0.05, 0) is 32.8 Å². The number of aromatic nitrogens is 4. The molecule has 7 nitrogen and oxygen atoms in total. The Morgan fingerprint density at radius 1 is 1.45 bits per heavy atom. The number of carbonyl (C=O) groups is 1. The fraction of sp³-hybridized carbons (Fsp3) is 0.538. The molecule has 2 aromatic heterocycles. The lowest BCUT2D eigenvalue weighted by Gasteiger charge is -2.07. The largest absolute Gasteiger partial charge is 0.393 e. The van der Waals surface area contributed by atoms with Gasteiger partial charge in [0.05, 0.1) is 6.10 Å². The molecule has 0 spiro atoms. The number of amides is 1. The average molecular weight is 277 g/mol. The highest BCUT2D eigenvalue weighted by Crippen LogP contribution is 2.05. The van der Waals surface area contributed by atoms with Crippen molar-refractivity contribution in [1.29, 1.82) is 0 Å². The smallest absolute Gasteiger partial charge is 0.291 e. The number of hydrogen-bond acceptors (Lipinski definition) is 5. The normalized spacial score (nSPS) is 12.6. The topological polar surface area (TPSA) is 92.4 Å². The number of aryl methyl sites for hydroxylation is 2. The van der Waals surface area contributed by atoms with Gasteiger partial charge >= 0.3 is 0 Å². The van der Waals surface area contributed by atoms with Crippen molar-refractivity contribution in [3.05, 3.63) is 23.3 Å². The SMILES string of the molecule is CCC(O)CCNC(=O)c1nc2nc(C)cc(C)n2n1. The molecule has 2 rings (SSSR count). The van der Waals surface area contributed by atoms with Crippen LogP contribution >= 0.6 is 0 Å². The van der Waals surface area contributed by atoms with Crippen LogP contribution in [0.4, 0.5) is 0 Å². The fourth-order valence-corrected chi connectivity index (χ4v) is 1.90. The van der Waals surface area contributed by atoms with Crippen molar-refractivity contribution in [2.75, 3.05) is 6.54 Å². The minimum absolute atomic E-state index is 0.0946. The van der Waals surface area contributed by atoms with E-state index in [0.717, 1.165) is 11.4 Å². The van der Waals surface area contributed by atoms with Gasteiger partial charge in [0, 0.05) is 17.9 Å². The number of aliphatic hydroxyl groups excluding tert-OH is 1. The molecule has 0 fully saturated rings. The van der Waals surface area contributed by atoms with Gasteiger partial charge in [0.2, 0.25) is 5.82 Å². The zero-order chi connectivity index (χ0) is 14.7. The van der Waals surface area contributed by atoms with E-state index in [0.29, 0.717) is 25.2 Å². The van der Waals surface area contributed by atoms with E-state index in [4.69, 9.17) is 0 Å². The lowest BCUT2D eigenvalue weighted by Crippen LogP contribution is -2.28. The van der Waals surface area contributed by atoms with Crippen LogP contribution in [0.15, 0.2) is 6.07 Å². The molecule has 2 N–H and O–H groups in total. The standard InChI is InChI=1S/C13H19N5O2/c1-4-10(19)5-6-14-12(20)11-16-13-15-8(2)7-9(3)18(13)17-11/h7,10,19H,4-6H2,1-3H3,(H,14,20). The zero-order valence-electron chi connectivity index (χ0n) is 11.9. The highest BCUT2D eigenvalue weighted by molar-refractivity contribution is 5.90. The van der Waals surface area contributed by atoms with Crippen LogP contribution in [-0.2, 0) is 0 Å². The van der Waals surface area contributed by atoms with Crippen molar-refractivity contribution < 1.29 is 9.90 Å². The molecule has 0 bridgehead atoms. The highest BCUT2D eigenvalue weighted by Gasteiger charge is 2.14. The van der Waals surface area contributed by atoms with Gasteiger partial charge in [-0.1, -0.05) is 6.92 Å². The number of carbonyl (C=O) groups excluding carboxylic acids is 1. The Morgan fingerprint density at radius 2 is 2.20 bits per heavy atom. The van der Waals surface area contributed by atoms with Crippen LogP contribution in [0.1, 0.15) is 41.8 Å². The Bertz CT molecular complexity index is 622. The van der Waals surface area contributed by atoms with Crippen molar-refractivity contribution in [3.63, 3.8) is 0 Å². The summed E-state index contributed by atoms with van der Waals surface area (Å²) in [5, 5.41) is 16.3. The molecule has 7 heteroatoms. The summed E-state index contributed by atoms with van der Waals surface area (Å²) in [6.45, 7) is 6.05. The van der Waals surface area contributed by atoms with Gasteiger partial charge in [-0.15, -0.1) is 5.10 Å². The summed E-state index contributed by atoms with van der Waals surface area (Å²) in [6, 6.07) is 1.88. The summed E-state index contributed by atoms with van der Waals surface area (Å²) in [4.78, 5) is 20.3. The number of nitrogens with one attached hydrogen (secondary N) is 1. The number of hydrogen-bond donors (Lipinski definition) is 2. The first-order chi connectivity index (χ1) is 9.51. The van der Waals surface area contributed by atoms with Crippen LogP contribution in [0, 0.1) is 13.8 Å². The predicted molar refractivity (Wildman–Crippen MR) is 73.5 cm³/mol. The summed E-state index contributed by atoms with van der Waals surface area (Å²) in [5.74, 6) is 0.161. The van der Waals surface area contributed by atoms with Gasteiger partial charge < -0.3 is 10.4 Å². The van der Waals surface area contributed by atoms with Gasteiger partial charge in [0.15, 0.2) is 0 Å². The second-order valence-electron chi connectivity index (χ2n) is 4.79. The monoisotopic (exact) mass is 277 g/mol. The number of fused-ring (bicyclic) bond motifs is 1. The molecule has 0 aliphatic heterocycles. The van der Waals surface area contributed by atoms with Crippen molar-refractivity contribution in [2.45, 2.75) is 39.7 Å². The Hall–Kier alpha value is -2.02. The fourth-order valence-electron chi connectivity index (χ4n) is 1.90. The summed E-state index contributed by atoms with van der Waals surface area (Å²) in [5.41, 5.74) is 1.71. The molecule has 108 valence electrons. The highest BCUT2D eigenvalue weighted by atomic mass is 16.3. The van der Waals surface area contributed by atoms with Crippen molar-refractivity contribution in [1.82, 2.24) is 24.9 Å². The third-order valence-corrected chi connectivity index (χ3v) is 3.06. The number of rotatable bonds is 5. The summed E-state index contributed by atoms with van der Waals surface area (Å²) >= 11 is 0. The second kappa shape index (κ2) is 5.96. The molecule has 0 aromatic carbocycles. The number of aliphatic hydroxyl groups is 1. The maximum Gasteiger partial charge on any atom is 0.291 e. The van der Waals surface area contributed by atoms with Crippen molar-refractivity contribution in [3.8, 4) is 0 Å². The lowest BCUT2D eigenvalue weighted by atomic mass is 10.2. The second-order valence-corrected chi connectivity index (χ2v) is 4.79. The average Bonchev–Trinajstić information content (AvgIpc) is 2.82. The molecular weight excluding hydrogens is 258 g/mol. The van der Waals surface area contributed by atoms with Crippen LogP contribution in [-0.4, -0.2) is 43.2 Å². The minimum Gasteiger partial charge on any atom is -0.393 e. The van der Waals surface area contributed by atoms with E-state index in [1.807, 2.05) is 26.8 Å². The first-order valence-corrected chi connectivity index (χ1v) is 6.68. The van der Waals surface area contributed by atoms with E-state index in [-0.39, 0.29) is 11.7 Å². The van der Waals surface area contributed by atoms with E-state index in [9.17, 15) is 9.90 Å². The first kappa shape index (κ1) is 14.4. The molecular formula is C13H19N5O2. The molecule has 2 heterocycles. The van der Waals surface area contributed by atoms with Crippen LogP contribution in [0.2, 0.25) is 0 Å². The quantitative estimate of drug-likeness (QED) is 0.836. The van der Waals surface area contributed by atoms with Crippen LogP contribution in [0.25, 0.3) is 5.78 Å². The molecule has 2 aromatic rings. The summed E-state index contributed by atoms with van der Waals surface area (Å²) < 4.78 is 1.54. The molecule has 0 aliphatic carbocycles. The maximum atomic E-state index is 11.9. The predicted octanol–water partition coefficient (Wildman–Crippen LogP) is 0.632. The van der Waals surface area contributed by atoms with Crippen LogP contribution in [0.3, 0.4) is 0 Å². The third-order valence-electron chi connectivity index (χ3n) is 3.06. The molecule has 20 heavy (non-hydrogen) atoms. The van der Waals surface area contributed by atoms with E-state index in [2.05, 4.69) is 20.4 Å². The van der Waals surface area contributed by atoms with Crippen molar-refractivity contribution >= 4 is 11.7 Å². The molecule has 0 saturated heterocycles. The molecule has 0 radical (unpaired) electrons. The minimum atomic E-state index is -0.393. The van der Waals surface area contributed by atoms with E-state index in [1.54, 1.807) is 4.52 Å². The third kappa shape index (κ3) is 3.11. The molecule has 1 amide bonds. The van der Waals surface area contributed by atoms with Gasteiger partial charge in [-0.3, -0.25) is 4.79 Å². The lowest BCUT2D eigenvalue weighted by molar-refractivity contribution is 0.0932. The summed E-state index contributed by atoms with van der Waals surface area (Å²) in [7, 11) is 0. The Morgan fingerprint density at radius 3 is 2.90 bits per heavy atom. The van der Waals surface area contributed by atoms with E-state index < -0.39 is 6.10 Å². The Labute approximate surface area is 117 Å². The molecule has 0 saturated carbocycles. The van der Waals surface area contributed by atoms with Gasteiger partial charge in [-0.2, -0.15) is 4.98 Å². The van der Waals surface area contributed by atoms with Crippen LogP contribution < -0.4 is 5.32 Å². The molecule has 1 atom stereocenters. The molecule has 1 unspecified atom stereocenters. The zero-order valence-corrected chi connectivity index (χ0v) is 11.9. The first-order valence-electron chi connectivity index (χ1n) is 6.68. The van der Waals surface area contributed by atoms with E-state index in [1.165, 1.54) is 0 Å². The van der Waals surface area contributed by atoms with Gasteiger partial charge in [-0.25, -0.2) is 9.50 Å². The van der Waals surface area contributed by atoms with Crippen LogP contribution in [0.5, 0.6) is 0 Å². The van der Waals surface area contributed by atoms with Gasteiger partial charge in [0.1, 0.15) is 0 Å². The number of nitrogens with zero attached hydrogens (tertiary/aromatic N) is 4. The maximum absolute atomic E-state index is 11.9. The summed E-state index contributed by atoms with van der Waals surface area (Å²) in [6.07, 6.45) is 0.799. The van der Waals surface area contributed by atoms with E-state index >= 15 is 0 Å².